The van der Waals surface area contributed by atoms with Crippen LogP contribution < -0.4 is 0 Å². The summed E-state index contributed by atoms with van der Waals surface area (Å²) in [5, 5.41) is 0. The standard InChI is InChI=1S/C16H14.H4Si.Ti/c1-14(16-10-6-3-7-11-16)12-13-15-8-4-2-5-9-15;;/h2-13H,1H2;1H4;. The third kappa shape index (κ3) is 5.01. The molecule has 0 aromatic heterocycles. The monoisotopic (exact) mass is 286 g/mol. The Bertz CT molecular complexity index is 489. The fourth-order valence-corrected chi connectivity index (χ4v) is 1.51. The predicted octanol–water partition coefficient (Wildman–Crippen LogP) is 2.96. The summed E-state index contributed by atoms with van der Waals surface area (Å²) >= 11 is 0. The summed E-state index contributed by atoms with van der Waals surface area (Å²) < 4.78 is 0. The Hall–Kier alpha value is -1.15. The van der Waals surface area contributed by atoms with Crippen LogP contribution in [0.5, 0.6) is 0 Å². The van der Waals surface area contributed by atoms with E-state index in [2.05, 4.69) is 36.9 Å². The molecule has 0 spiro atoms. The van der Waals surface area contributed by atoms with Gasteiger partial charge < -0.3 is 0 Å². The molecule has 0 bridgehead atoms. The number of hydrogen-bond donors (Lipinski definition) is 0. The second kappa shape index (κ2) is 8.87. The average Bonchev–Trinajstić information content (AvgIpc) is 2.38. The quantitative estimate of drug-likeness (QED) is 0.601. The minimum Gasteiger partial charge on any atom is -0.0912 e. The van der Waals surface area contributed by atoms with E-state index in [1.54, 1.807) is 0 Å². The van der Waals surface area contributed by atoms with Crippen molar-refractivity contribution in [3.8, 4) is 0 Å². The van der Waals surface area contributed by atoms with Gasteiger partial charge in [-0.15, -0.1) is 0 Å². The van der Waals surface area contributed by atoms with Crippen LogP contribution in [0.15, 0.2) is 73.3 Å². The van der Waals surface area contributed by atoms with Gasteiger partial charge >= 0.3 is 0 Å². The fraction of sp³-hybridized carbons (Fsp3) is 0. The Morgan fingerprint density at radius 2 is 1.33 bits per heavy atom. The van der Waals surface area contributed by atoms with Crippen molar-refractivity contribution in [3.05, 3.63) is 84.4 Å². The molecule has 0 amide bonds. The average molecular weight is 286 g/mol. The van der Waals surface area contributed by atoms with E-state index in [9.17, 15) is 0 Å². The summed E-state index contributed by atoms with van der Waals surface area (Å²) in [6.07, 6.45) is 4.12. The summed E-state index contributed by atoms with van der Waals surface area (Å²) in [5.41, 5.74) is 3.39. The molecule has 0 atom stereocenters. The Kier molecular flexibility index (Phi) is 8.31. The molecule has 0 unspecified atom stereocenters. The van der Waals surface area contributed by atoms with Gasteiger partial charge in [0.1, 0.15) is 0 Å². The number of benzene rings is 2. The van der Waals surface area contributed by atoms with E-state index in [1.165, 1.54) is 5.56 Å². The third-order valence-corrected chi connectivity index (χ3v) is 2.42. The van der Waals surface area contributed by atoms with E-state index in [0.717, 1.165) is 11.1 Å². The summed E-state index contributed by atoms with van der Waals surface area (Å²) in [4.78, 5) is 0. The molecule has 2 aromatic carbocycles. The van der Waals surface area contributed by atoms with Crippen LogP contribution in [0.1, 0.15) is 11.1 Å². The van der Waals surface area contributed by atoms with Crippen molar-refractivity contribution in [2.24, 2.45) is 0 Å². The van der Waals surface area contributed by atoms with Gasteiger partial charge in [-0.3, -0.25) is 0 Å². The molecular formula is C16H18SiTi. The smallest absolute Gasteiger partial charge is 0 e. The maximum Gasteiger partial charge on any atom is 0 e. The zero-order chi connectivity index (χ0) is 11.2. The molecule has 0 heterocycles. The molecule has 0 aliphatic rings. The molecule has 0 saturated carbocycles. The number of allylic oxidation sites excluding steroid dienone is 2. The minimum atomic E-state index is 0. The minimum absolute atomic E-state index is 0. The number of hydrogen-bond acceptors (Lipinski definition) is 0. The van der Waals surface area contributed by atoms with Crippen molar-refractivity contribution in [2.75, 3.05) is 0 Å². The number of rotatable bonds is 3. The van der Waals surface area contributed by atoms with Gasteiger partial charge in [-0.2, -0.15) is 0 Å². The van der Waals surface area contributed by atoms with Gasteiger partial charge in [-0.05, 0) is 27.7 Å². The topological polar surface area (TPSA) is 0 Å². The third-order valence-electron chi connectivity index (χ3n) is 2.42. The maximum absolute atomic E-state index is 4.05. The molecule has 0 fully saturated rings. The second-order valence-electron chi connectivity index (χ2n) is 3.64. The van der Waals surface area contributed by atoms with Crippen LogP contribution in [0.2, 0.25) is 0 Å². The molecule has 0 radical (unpaired) electrons. The normalized spacial score (nSPS) is 9.33. The molecule has 2 aromatic rings. The molecule has 0 aliphatic heterocycles. The zero-order valence-corrected chi connectivity index (χ0v) is 11.2. The van der Waals surface area contributed by atoms with Crippen LogP contribution in [0.3, 0.4) is 0 Å². The molecule has 2 rings (SSSR count). The van der Waals surface area contributed by atoms with Crippen molar-refractivity contribution in [1.82, 2.24) is 0 Å². The van der Waals surface area contributed by atoms with Gasteiger partial charge in [0.2, 0.25) is 0 Å². The Morgan fingerprint density at radius 3 is 1.89 bits per heavy atom. The SMILES string of the molecule is C=C(C=Cc1ccccc1)c1ccccc1.[SiH4].[Ti]. The summed E-state index contributed by atoms with van der Waals surface area (Å²) in [5.74, 6) is 0. The predicted molar refractivity (Wildman–Crippen MR) is 82.3 cm³/mol. The second-order valence-corrected chi connectivity index (χ2v) is 3.64. The molecule has 90 valence electrons. The van der Waals surface area contributed by atoms with Crippen LogP contribution in [0.25, 0.3) is 11.6 Å². The van der Waals surface area contributed by atoms with Crippen LogP contribution in [-0.4, -0.2) is 11.0 Å². The van der Waals surface area contributed by atoms with Gasteiger partial charge in [0, 0.05) is 21.7 Å². The summed E-state index contributed by atoms with van der Waals surface area (Å²) in [6, 6.07) is 20.4. The van der Waals surface area contributed by atoms with E-state index in [-0.39, 0.29) is 32.7 Å². The summed E-state index contributed by atoms with van der Waals surface area (Å²) in [7, 11) is 0. The van der Waals surface area contributed by atoms with Crippen LogP contribution in [-0.2, 0) is 21.7 Å². The van der Waals surface area contributed by atoms with Crippen molar-refractivity contribution in [2.45, 2.75) is 0 Å². The van der Waals surface area contributed by atoms with Gasteiger partial charge in [0.25, 0.3) is 0 Å². The van der Waals surface area contributed by atoms with Crippen LogP contribution in [0.4, 0.5) is 0 Å². The van der Waals surface area contributed by atoms with E-state index in [1.807, 2.05) is 42.5 Å². The molecule has 18 heavy (non-hydrogen) atoms. The van der Waals surface area contributed by atoms with Gasteiger partial charge in [-0.1, -0.05) is 79.4 Å². The van der Waals surface area contributed by atoms with Crippen molar-refractivity contribution < 1.29 is 21.7 Å². The first-order valence-electron chi connectivity index (χ1n) is 5.34. The van der Waals surface area contributed by atoms with Crippen molar-refractivity contribution >= 4 is 22.6 Å². The Morgan fingerprint density at radius 1 is 0.833 bits per heavy atom. The van der Waals surface area contributed by atoms with Crippen molar-refractivity contribution in [1.29, 1.82) is 0 Å². The van der Waals surface area contributed by atoms with Gasteiger partial charge in [0.15, 0.2) is 0 Å². The van der Waals surface area contributed by atoms with Crippen molar-refractivity contribution in [3.63, 3.8) is 0 Å². The van der Waals surface area contributed by atoms with Gasteiger partial charge in [-0.25, -0.2) is 0 Å². The van der Waals surface area contributed by atoms with E-state index >= 15 is 0 Å². The first-order chi connectivity index (χ1) is 7.86. The molecule has 0 saturated heterocycles. The zero-order valence-electron chi connectivity index (χ0n) is 9.64. The maximum atomic E-state index is 4.05. The Balaban J connectivity index is 0.00000144. The van der Waals surface area contributed by atoms with E-state index < -0.39 is 0 Å². The Labute approximate surface area is 128 Å². The first-order valence-corrected chi connectivity index (χ1v) is 5.34. The molecule has 0 aliphatic carbocycles. The molecular weight excluding hydrogens is 268 g/mol. The first kappa shape index (κ1) is 16.9. The molecule has 0 nitrogen and oxygen atoms in total. The fourth-order valence-electron chi connectivity index (χ4n) is 1.51. The van der Waals surface area contributed by atoms with Crippen LogP contribution in [0, 0.1) is 0 Å². The van der Waals surface area contributed by atoms with E-state index in [0.29, 0.717) is 0 Å². The molecule has 2 heteroatoms. The van der Waals surface area contributed by atoms with E-state index in [4.69, 9.17) is 0 Å². The van der Waals surface area contributed by atoms with Gasteiger partial charge in [0.05, 0.1) is 0 Å². The van der Waals surface area contributed by atoms with Crippen LogP contribution >= 0.6 is 0 Å². The summed E-state index contributed by atoms with van der Waals surface area (Å²) in [6.45, 7) is 4.05. The largest absolute Gasteiger partial charge is 0.0912 e. The molecule has 0 N–H and O–H groups in total.